The van der Waals surface area contributed by atoms with Crippen molar-refractivity contribution >= 4 is 27.7 Å². The van der Waals surface area contributed by atoms with Gasteiger partial charge in [-0.1, -0.05) is 0 Å². The Morgan fingerprint density at radius 2 is 2.15 bits per heavy atom. The van der Waals surface area contributed by atoms with Gasteiger partial charge in [0.25, 0.3) is 0 Å². The summed E-state index contributed by atoms with van der Waals surface area (Å²) in [6.07, 6.45) is 4.37. The highest BCUT2D eigenvalue weighted by Gasteiger charge is 2.39. The van der Waals surface area contributed by atoms with Crippen LogP contribution in [0.25, 0.3) is 0 Å². The molecule has 12 heteroatoms. The van der Waals surface area contributed by atoms with Gasteiger partial charge in [-0.25, -0.2) is 18.1 Å². The highest BCUT2D eigenvalue weighted by atomic mass is 32.2. The standard InChI is InChI=1S/C15H22N6O5S/c16-13(22)12-2-1-4-21(12)15(24)11(6-9-7-17-8-18-9)19-14(23)10-3-5-27(25,26)20-10/h7-8,10-12,20H,1-6H2,(H2,16,22)(H,17,18)(H,19,23)/t10-,11+,12-/m1/s1. The molecule has 2 saturated heterocycles. The third-order valence-corrected chi connectivity index (χ3v) is 6.19. The predicted octanol–water partition coefficient (Wildman–Crippen LogP) is -2.39. The highest BCUT2D eigenvalue weighted by Crippen LogP contribution is 2.19. The Labute approximate surface area is 156 Å². The van der Waals surface area contributed by atoms with Gasteiger partial charge in [-0.05, 0) is 19.3 Å². The van der Waals surface area contributed by atoms with E-state index in [-0.39, 0.29) is 18.6 Å². The van der Waals surface area contributed by atoms with E-state index in [4.69, 9.17) is 5.73 Å². The second kappa shape index (κ2) is 7.64. The lowest BCUT2D eigenvalue weighted by molar-refractivity contribution is -0.140. The summed E-state index contributed by atoms with van der Waals surface area (Å²) in [5, 5.41) is 2.61. The van der Waals surface area contributed by atoms with E-state index in [1.807, 2.05) is 0 Å². The van der Waals surface area contributed by atoms with Crippen LogP contribution in [0.1, 0.15) is 25.0 Å². The lowest BCUT2D eigenvalue weighted by atomic mass is 10.1. The minimum absolute atomic E-state index is 0.131. The van der Waals surface area contributed by atoms with Crippen LogP contribution in [0.4, 0.5) is 0 Å². The Balaban J connectivity index is 1.75. The molecular formula is C15H22N6O5S. The molecular weight excluding hydrogens is 376 g/mol. The summed E-state index contributed by atoms with van der Waals surface area (Å²) in [6, 6.07) is -2.59. The van der Waals surface area contributed by atoms with Crippen LogP contribution < -0.4 is 15.8 Å². The molecule has 27 heavy (non-hydrogen) atoms. The van der Waals surface area contributed by atoms with Gasteiger partial charge in [-0.2, -0.15) is 0 Å². The number of hydrogen-bond donors (Lipinski definition) is 4. The average Bonchev–Trinajstić information content (AvgIpc) is 3.33. The zero-order valence-electron chi connectivity index (χ0n) is 14.6. The lowest BCUT2D eigenvalue weighted by Crippen LogP contribution is -2.56. The minimum atomic E-state index is -3.47. The number of imidazole rings is 1. The van der Waals surface area contributed by atoms with Gasteiger partial charge in [-0.15, -0.1) is 0 Å². The summed E-state index contributed by atoms with van der Waals surface area (Å²) in [5.41, 5.74) is 6.00. The number of aromatic amines is 1. The van der Waals surface area contributed by atoms with Crippen LogP contribution in [0.15, 0.2) is 12.5 Å². The molecule has 5 N–H and O–H groups in total. The van der Waals surface area contributed by atoms with Gasteiger partial charge in [0.2, 0.25) is 27.7 Å². The van der Waals surface area contributed by atoms with Gasteiger partial charge in [0.15, 0.2) is 0 Å². The molecule has 0 saturated carbocycles. The van der Waals surface area contributed by atoms with Gasteiger partial charge in [0.05, 0.1) is 12.1 Å². The number of likely N-dealkylation sites (tertiary alicyclic amines) is 1. The fourth-order valence-corrected chi connectivity index (χ4v) is 4.73. The van der Waals surface area contributed by atoms with Gasteiger partial charge < -0.3 is 20.9 Å². The highest BCUT2D eigenvalue weighted by molar-refractivity contribution is 7.89. The number of rotatable bonds is 6. The van der Waals surface area contributed by atoms with E-state index in [1.54, 1.807) is 0 Å². The van der Waals surface area contributed by atoms with Crippen molar-refractivity contribution in [2.24, 2.45) is 5.73 Å². The normalized spacial score (nSPS) is 25.3. The fourth-order valence-electron chi connectivity index (χ4n) is 3.41. The molecule has 3 amide bonds. The molecule has 0 radical (unpaired) electrons. The molecule has 2 aliphatic rings. The molecule has 1 aromatic heterocycles. The summed E-state index contributed by atoms with van der Waals surface area (Å²) in [5.74, 6) is -1.74. The van der Waals surface area contributed by atoms with Gasteiger partial charge >= 0.3 is 0 Å². The Kier molecular flexibility index (Phi) is 5.46. The second-order valence-electron chi connectivity index (χ2n) is 6.71. The summed E-state index contributed by atoms with van der Waals surface area (Å²) in [7, 11) is -3.47. The van der Waals surface area contributed by atoms with Crippen LogP contribution >= 0.6 is 0 Å². The molecule has 0 aliphatic carbocycles. The van der Waals surface area contributed by atoms with Crippen LogP contribution in [0.5, 0.6) is 0 Å². The van der Waals surface area contributed by atoms with Crippen molar-refractivity contribution in [1.29, 1.82) is 0 Å². The number of primary amides is 1. The number of hydrogen-bond acceptors (Lipinski definition) is 6. The molecule has 0 unspecified atom stereocenters. The van der Waals surface area contributed by atoms with Crippen molar-refractivity contribution in [2.45, 2.75) is 43.8 Å². The van der Waals surface area contributed by atoms with Gasteiger partial charge in [0.1, 0.15) is 18.1 Å². The maximum absolute atomic E-state index is 13.0. The van der Waals surface area contributed by atoms with E-state index < -0.39 is 45.9 Å². The average molecular weight is 398 g/mol. The van der Waals surface area contributed by atoms with Gasteiger partial charge in [-0.3, -0.25) is 14.4 Å². The number of H-pyrrole nitrogens is 1. The molecule has 3 atom stereocenters. The van der Waals surface area contributed by atoms with Crippen LogP contribution in [-0.2, 0) is 30.8 Å². The topological polar surface area (TPSA) is 167 Å². The first-order chi connectivity index (χ1) is 12.8. The first kappa shape index (κ1) is 19.3. The number of sulfonamides is 1. The molecule has 0 aromatic carbocycles. The largest absolute Gasteiger partial charge is 0.368 e. The number of carbonyl (C=O) groups is 3. The van der Waals surface area contributed by atoms with E-state index in [0.717, 1.165) is 0 Å². The smallest absolute Gasteiger partial charge is 0.246 e. The van der Waals surface area contributed by atoms with E-state index in [1.165, 1.54) is 17.4 Å². The zero-order chi connectivity index (χ0) is 19.6. The second-order valence-corrected chi connectivity index (χ2v) is 8.59. The van der Waals surface area contributed by atoms with Crippen molar-refractivity contribution in [3.05, 3.63) is 18.2 Å². The van der Waals surface area contributed by atoms with E-state index in [0.29, 0.717) is 25.1 Å². The number of nitrogens with two attached hydrogens (primary N) is 1. The van der Waals surface area contributed by atoms with Crippen molar-refractivity contribution in [3.63, 3.8) is 0 Å². The predicted molar refractivity (Wildman–Crippen MR) is 93.5 cm³/mol. The molecule has 1 aromatic rings. The Morgan fingerprint density at radius 3 is 2.74 bits per heavy atom. The quantitative estimate of drug-likeness (QED) is 0.417. The number of amides is 3. The molecule has 0 bridgehead atoms. The molecule has 2 fully saturated rings. The summed E-state index contributed by atoms with van der Waals surface area (Å²) < 4.78 is 25.3. The lowest BCUT2D eigenvalue weighted by Gasteiger charge is -2.28. The van der Waals surface area contributed by atoms with Crippen LogP contribution in [0.2, 0.25) is 0 Å². The third-order valence-electron chi connectivity index (χ3n) is 4.77. The van der Waals surface area contributed by atoms with Crippen molar-refractivity contribution in [1.82, 2.24) is 24.9 Å². The SMILES string of the molecule is NC(=O)[C@H]1CCCN1C(=O)[C@H](Cc1cnc[nH]1)NC(=O)[C@H]1CCS(=O)(=O)N1. The molecule has 3 heterocycles. The molecule has 0 spiro atoms. The number of nitrogens with one attached hydrogen (secondary N) is 3. The maximum atomic E-state index is 13.0. The van der Waals surface area contributed by atoms with Crippen molar-refractivity contribution in [2.75, 3.05) is 12.3 Å². The van der Waals surface area contributed by atoms with Crippen LogP contribution in [-0.4, -0.2) is 71.4 Å². The van der Waals surface area contributed by atoms with Crippen molar-refractivity contribution in [3.8, 4) is 0 Å². The number of carbonyl (C=O) groups excluding carboxylic acids is 3. The van der Waals surface area contributed by atoms with Crippen LogP contribution in [0, 0.1) is 0 Å². The molecule has 2 aliphatic heterocycles. The zero-order valence-corrected chi connectivity index (χ0v) is 15.4. The monoisotopic (exact) mass is 398 g/mol. The van der Waals surface area contributed by atoms with Gasteiger partial charge in [0, 0.05) is 24.9 Å². The summed E-state index contributed by atoms with van der Waals surface area (Å²) in [6.45, 7) is 0.373. The molecule has 11 nitrogen and oxygen atoms in total. The molecule has 148 valence electrons. The fraction of sp³-hybridized carbons (Fsp3) is 0.600. The van der Waals surface area contributed by atoms with E-state index in [9.17, 15) is 22.8 Å². The Morgan fingerprint density at radius 1 is 1.37 bits per heavy atom. The Hall–Kier alpha value is -2.47. The Bertz CT molecular complexity index is 824. The summed E-state index contributed by atoms with van der Waals surface area (Å²) in [4.78, 5) is 45.2. The minimum Gasteiger partial charge on any atom is -0.368 e. The number of aromatic nitrogens is 2. The van der Waals surface area contributed by atoms with E-state index >= 15 is 0 Å². The third kappa shape index (κ3) is 4.45. The maximum Gasteiger partial charge on any atom is 0.246 e. The van der Waals surface area contributed by atoms with E-state index in [2.05, 4.69) is 20.0 Å². The first-order valence-corrected chi connectivity index (χ1v) is 10.3. The number of nitrogens with zero attached hydrogens (tertiary/aromatic N) is 2. The molecule has 3 rings (SSSR count). The first-order valence-electron chi connectivity index (χ1n) is 8.64. The van der Waals surface area contributed by atoms with Crippen molar-refractivity contribution < 1.29 is 22.8 Å². The summed E-state index contributed by atoms with van der Waals surface area (Å²) >= 11 is 0. The van der Waals surface area contributed by atoms with Crippen LogP contribution in [0.3, 0.4) is 0 Å².